The Morgan fingerprint density at radius 1 is 1.07 bits per heavy atom. The number of aryl methyl sites for hydroxylation is 1. The van der Waals surface area contributed by atoms with Crippen molar-refractivity contribution in [2.75, 3.05) is 13.1 Å². The maximum atomic E-state index is 12.7. The molecule has 2 aromatic carbocycles. The summed E-state index contributed by atoms with van der Waals surface area (Å²) in [5.41, 5.74) is 1.31. The lowest BCUT2D eigenvalue weighted by atomic mass is 10.1. The van der Waals surface area contributed by atoms with E-state index in [1.807, 2.05) is 6.92 Å². The van der Waals surface area contributed by atoms with Crippen LogP contribution in [0.25, 0.3) is 0 Å². The number of ketones is 1. The lowest BCUT2D eigenvalue weighted by molar-refractivity contribution is 0.0318. The predicted octanol–water partition coefficient (Wildman–Crippen LogP) is 4.11. The van der Waals surface area contributed by atoms with E-state index in [0.29, 0.717) is 18.7 Å². The predicted molar refractivity (Wildman–Crippen MR) is 112 cm³/mol. The molecule has 0 heterocycles. The molecule has 0 aromatic heterocycles. The van der Waals surface area contributed by atoms with Gasteiger partial charge in [-0.2, -0.15) is 4.31 Å². The Kier molecular flexibility index (Phi) is 7.57. The van der Waals surface area contributed by atoms with Gasteiger partial charge in [-0.3, -0.25) is 4.79 Å². The van der Waals surface area contributed by atoms with E-state index in [4.69, 9.17) is 16.3 Å². The summed E-state index contributed by atoms with van der Waals surface area (Å²) in [6.45, 7) is 7.41. The molecule has 0 aliphatic rings. The number of ether oxygens (including phenoxy) is 1. The van der Waals surface area contributed by atoms with Gasteiger partial charge in [0.15, 0.2) is 6.10 Å². The number of Topliss-reactive ketones (excluding diaryl/α,β-unsaturated/α-hetero) is 1. The van der Waals surface area contributed by atoms with Gasteiger partial charge in [0.1, 0.15) is 0 Å². The van der Waals surface area contributed by atoms with Gasteiger partial charge >= 0.3 is 5.97 Å². The Morgan fingerprint density at radius 3 is 2.21 bits per heavy atom. The molecule has 2 aromatic rings. The van der Waals surface area contributed by atoms with Crippen molar-refractivity contribution in [3.63, 3.8) is 0 Å². The molecule has 0 fully saturated rings. The molecule has 1 atom stereocenters. The minimum atomic E-state index is -3.77. The van der Waals surface area contributed by atoms with Crippen molar-refractivity contribution in [2.24, 2.45) is 0 Å². The van der Waals surface area contributed by atoms with E-state index in [0.717, 1.165) is 5.56 Å². The van der Waals surface area contributed by atoms with Gasteiger partial charge in [-0.15, -0.1) is 0 Å². The number of halogens is 1. The second-order valence-corrected chi connectivity index (χ2v) is 8.85. The molecule has 0 amide bonds. The first kappa shape index (κ1) is 23.1. The van der Waals surface area contributed by atoms with Gasteiger partial charge in [0.05, 0.1) is 15.5 Å². The number of hydrogen-bond donors (Lipinski definition) is 0. The zero-order valence-corrected chi connectivity index (χ0v) is 18.4. The second-order valence-electron chi connectivity index (χ2n) is 6.51. The second kappa shape index (κ2) is 9.52. The lowest BCUT2D eigenvalue weighted by Crippen LogP contribution is -2.31. The van der Waals surface area contributed by atoms with Crippen molar-refractivity contribution >= 4 is 33.4 Å². The van der Waals surface area contributed by atoms with E-state index >= 15 is 0 Å². The summed E-state index contributed by atoms with van der Waals surface area (Å²) in [5.74, 6) is -1.22. The summed E-state index contributed by atoms with van der Waals surface area (Å²) >= 11 is 6.09. The molecule has 0 N–H and O–H groups in total. The summed E-state index contributed by atoms with van der Waals surface area (Å²) in [6, 6.07) is 10.8. The maximum absolute atomic E-state index is 12.7. The average Bonchev–Trinajstić information content (AvgIpc) is 2.68. The van der Waals surface area contributed by atoms with Crippen molar-refractivity contribution in [3.05, 3.63) is 64.2 Å². The van der Waals surface area contributed by atoms with Gasteiger partial charge in [-0.05, 0) is 32.0 Å². The van der Waals surface area contributed by atoms with Crippen LogP contribution in [0.2, 0.25) is 5.02 Å². The number of carbonyl (C=O) groups is 2. The minimum Gasteiger partial charge on any atom is -0.451 e. The van der Waals surface area contributed by atoms with E-state index in [9.17, 15) is 18.0 Å². The van der Waals surface area contributed by atoms with Crippen LogP contribution in [0, 0.1) is 6.92 Å². The molecule has 156 valence electrons. The van der Waals surface area contributed by atoms with Crippen LogP contribution in [0.1, 0.15) is 47.1 Å². The fourth-order valence-electron chi connectivity index (χ4n) is 2.76. The topological polar surface area (TPSA) is 80.8 Å². The molecular weight excluding hydrogens is 414 g/mol. The maximum Gasteiger partial charge on any atom is 0.340 e. The number of sulfonamides is 1. The smallest absolute Gasteiger partial charge is 0.340 e. The minimum absolute atomic E-state index is 0.0449. The molecule has 6 nitrogen and oxygen atoms in total. The van der Waals surface area contributed by atoms with Crippen molar-refractivity contribution in [2.45, 2.75) is 38.7 Å². The number of carbonyl (C=O) groups excluding carboxylic acids is 2. The third kappa shape index (κ3) is 5.23. The normalized spacial score (nSPS) is 12.6. The first-order valence-electron chi connectivity index (χ1n) is 9.23. The van der Waals surface area contributed by atoms with E-state index < -0.39 is 22.1 Å². The third-order valence-corrected chi connectivity index (χ3v) is 6.87. The van der Waals surface area contributed by atoms with Crippen LogP contribution in [0.5, 0.6) is 0 Å². The fraction of sp³-hybridized carbons (Fsp3) is 0.333. The van der Waals surface area contributed by atoms with Gasteiger partial charge < -0.3 is 4.74 Å². The highest BCUT2D eigenvalue weighted by atomic mass is 35.5. The Balaban J connectivity index is 2.26. The van der Waals surface area contributed by atoms with Crippen LogP contribution in [0.4, 0.5) is 0 Å². The molecule has 0 spiro atoms. The largest absolute Gasteiger partial charge is 0.451 e. The van der Waals surface area contributed by atoms with Crippen molar-refractivity contribution in [1.29, 1.82) is 0 Å². The molecule has 2 rings (SSSR count). The monoisotopic (exact) mass is 437 g/mol. The SMILES string of the molecule is CCN(CC)S(=O)(=O)c1ccc(Cl)c(C(=O)O[C@@H](C)C(=O)c2ccc(C)cc2)c1. The summed E-state index contributed by atoms with van der Waals surface area (Å²) in [6.07, 6.45) is -1.05. The number of esters is 1. The number of nitrogens with zero attached hydrogens (tertiary/aromatic N) is 1. The molecule has 0 saturated carbocycles. The average molecular weight is 438 g/mol. The lowest BCUT2D eigenvalue weighted by Gasteiger charge is -2.19. The summed E-state index contributed by atoms with van der Waals surface area (Å²) in [4.78, 5) is 25.0. The van der Waals surface area contributed by atoms with E-state index in [1.54, 1.807) is 38.1 Å². The van der Waals surface area contributed by atoms with Crippen LogP contribution in [-0.4, -0.2) is 43.7 Å². The molecule has 0 bridgehead atoms. The van der Waals surface area contributed by atoms with E-state index in [-0.39, 0.29) is 21.3 Å². The highest BCUT2D eigenvalue weighted by Gasteiger charge is 2.26. The van der Waals surface area contributed by atoms with Gasteiger partial charge in [0, 0.05) is 18.7 Å². The first-order valence-corrected chi connectivity index (χ1v) is 11.0. The summed E-state index contributed by atoms with van der Waals surface area (Å²) in [5, 5.41) is 0.0449. The molecule has 0 unspecified atom stereocenters. The highest BCUT2D eigenvalue weighted by Crippen LogP contribution is 2.24. The van der Waals surface area contributed by atoms with Gasteiger partial charge in [-0.25, -0.2) is 13.2 Å². The molecule has 8 heteroatoms. The van der Waals surface area contributed by atoms with Gasteiger partial charge in [0.2, 0.25) is 15.8 Å². The first-order chi connectivity index (χ1) is 13.6. The quantitative estimate of drug-likeness (QED) is 0.458. The number of rotatable bonds is 8. The van der Waals surface area contributed by atoms with Crippen LogP contribution in [0.3, 0.4) is 0 Å². The third-order valence-electron chi connectivity index (χ3n) is 4.49. The summed E-state index contributed by atoms with van der Waals surface area (Å²) < 4.78 is 31.9. The zero-order chi connectivity index (χ0) is 21.8. The van der Waals surface area contributed by atoms with Crippen molar-refractivity contribution in [1.82, 2.24) is 4.31 Å². The Hall–Kier alpha value is -2.22. The van der Waals surface area contributed by atoms with Gasteiger partial charge in [0.25, 0.3) is 0 Å². The molecule has 0 radical (unpaired) electrons. The molecule has 0 aliphatic carbocycles. The highest BCUT2D eigenvalue weighted by molar-refractivity contribution is 7.89. The Bertz CT molecular complexity index is 998. The van der Waals surface area contributed by atoms with Crippen LogP contribution in [0.15, 0.2) is 47.4 Å². The summed E-state index contributed by atoms with van der Waals surface area (Å²) in [7, 11) is -3.77. The Morgan fingerprint density at radius 2 is 1.66 bits per heavy atom. The zero-order valence-electron chi connectivity index (χ0n) is 16.8. The van der Waals surface area contributed by atoms with Crippen molar-refractivity contribution < 1.29 is 22.7 Å². The van der Waals surface area contributed by atoms with Gasteiger partial charge in [-0.1, -0.05) is 55.3 Å². The van der Waals surface area contributed by atoms with Crippen LogP contribution in [-0.2, 0) is 14.8 Å². The van der Waals surface area contributed by atoms with Crippen molar-refractivity contribution in [3.8, 4) is 0 Å². The number of benzene rings is 2. The fourth-order valence-corrected chi connectivity index (χ4v) is 4.44. The molecule has 0 aliphatic heterocycles. The van der Waals surface area contributed by atoms with Crippen LogP contribution < -0.4 is 0 Å². The molecule has 0 saturated heterocycles. The standard InChI is InChI=1S/C21H24ClNO5S/c1-5-23(6-2)29(26,27)17-11-12-19(22)18(13-17)21(25)28-15(4)20(24)16-9-7-14(3)8-10-16/h7-13,15H,5-6H2,1-4H3/t15-/m0/s1. The molecular formula is C21H24ClNO5S. The van der Waals surface area contributed by atoms with Crippen LogP contribution >= 0.6 is 11.6 Å². The number of hydrogen-bond acceptors (Lipinski definition) is 5. The Labute approximate surface area is 176 Å². The van der Waals surface area contributed by atoms with E-state index in [2.05, 4.69) is 0 Å². The van der Waals surface area contributed by atoms with E-state index in [1.165, 1.54) is 29.4 Å². The molecule has 29 heavy (non-hydrogen) atoms.